The highest BCUT2D eigenvalue weighted by Gasteiger charge is 2.33. The topological polar surface area (TPSA) is 163 Å². The van der Waals surface area contributed by atoms with Gasteiger partial charge in [0.05, 0.1) is 52.8 Å². The molecule has 0 spiro atoms. The van der Waals surface area contributed by atoms with Crippen molar-refractivity contribution in [3.63, 3.8) is 0 Å². The van der Waals surface area contributed by atoms with E-state index in [-0.39, 0.29) is 31.8 Å². The van der Waals surface area contributed by atoms with Crippen molar-refractivity contribution in [2.75, 3.05) is 38.9 Å². The zero-order chi connectivity index (χ0) is 46.2. The Hall–Kier alpha value is -8.32. The zero-order valence-corrected chi connectivity index (χ0v) is 37.0. The second-order valence-corrected chi connectivity index (χ2v) is 16.7. The Morgan fingerprint density at radius 1 is 0.955 bits per heavy atom. The number of esters is 1. The van der Waals surface area contributed by atoms with Gasteiger partial charge in [0.2, 0.25) is 18.4 Å². The Labute approximate surface area is 385 Å². The van der Waals surface area contributed by atoms with E-state index in [1.54, 1.807) is 74.0 Å². The second-order valence-electron chi connectivity index (χ2n) is 16.7. The van der Waals surface area contributed by atoms with Gasteiger partial charge in [-0.05, 0) is 95.6 Å². The number of carbonyl (C=O) groups excluding carboxylic acids is 3. The summed E-state index contributed by atoms with van der Waals surface area (Å²) in [6, 6.07) is 25.5. The summed E-state index contributed by atoms with van der Waals surface area (Å²) in [5, 5.41) is 11.0. The first-order valence-corrected chi connectivity index (χ1v) is 21.9. The number of benzene rings is 4. The van der Waals surface area contributed by atoms with Crippen molar-refractivity contribution < 1.29 is 42.6 Å². The molecular weight excluding hydrogens is 853 g/mol. The molecule has 7 aromatic rings. The van der Waals surface area contributed by atoms with E-state index in [0.717, 1.165) is 58.5 Å². The number of rotatable bonds is 10. The molecule has 0 saturated carbocycles. The number of azo groups is 1. The zero-order valence-electron chi connectivity index (χ0n) is 37.0. The molecule has 16 nitrogen and oxygen atoms in total. The summed E-state index contributed by atoms with van der Waals surface area (Å²) in [4.78, 5) is 52.3. The van der Waals surface area contributed by atoms with Gasteiger partial charge >= 0.3 is 12.1 Å². The molecular formula is C51H45N8O8+. The minimum atomic E-state index is -0.592. The van der Waals surface area contributed by atoms with E-state index in [1.165, 1.54) is 16.5 Å². The van der Waals surface area contributed by atoms with Crippen LogP contribution in [-0.2, 0) is 29.1 Å². The maximum Gasteiger partial charge on any atom is 0.420 e. The van der Waals surface area contributed by atoms with Gasteiger partial charge < -0.3 is 33.5 Å². The first kappa shape index (κ1) is 42.6. The van der Waals surface area contributed by atoms with Gasteiger partial charge in [0.1, 0.15) is 18.8 Å². The average molecular weight is 898 g/mol. The number of ether oxygens (including phenoxy) is 5. The molecule has 10 rings (SSSR count). The van der Waals surface area contributed by atoms with Crippen LogP contribution in [0.25, 0.3) is 33.1 Å². The highest BCUT2D eigenvalue weighted by atomic mass is 16.7. The van der Waals surface area contributed by atoms with Crippen LogP contribution in [0.1, 0.15) is 41.3 Å². The number of hydrogen-bond donors (Lipinski definition) is 0. The summed E-state index contributed by atoms with van der Waals surface area (Å²) in [6.45, 7) is 4.31. The molecule has 0 unspecified atom stereocenters. The molecule has 336 valence electrons. The smallest absolute Gasteiger partial charge is 0.420 e. The lowest BCUT2D eigenvalue weighted by molar-refractivity contribution is -0.686. The lowest BCUT2D eigenvalue weighted by atomic mass is 9.92. The SMILES string of the molecule is C#CCC(=O)N1CC[C@@H](C)[C@@H](N(C)c2ncnc3c2ccn3C(=O)OCc2ccc(/N=N/c3ccc(C(=O)Oc4c(OC)ccc5cc6[n+](cc45)CCc4cc5c(cc4-6)OCO5)cc3)cc2)C1. The van der Waals surface area contributed by atoms with Crippen LogP contribution in [0.5, 0.6) is 23.0 Å². The van der Waals surface area contributed by atoms with Gasteiger partial charge in [-0.3, -0.25) is 4.79 Å². The van der Waals surface area contributed by atoms with Crippen molar-refractivity contribution in [2.45, 2.75) is 45.4 Å². The monoisotopic (exact) mass is 897 g/mol. The minimum Gasteiger partial charge on any atom is -0.493 e. The van der Waals surface area contributed by atoms with E-state index in [4.69, 9.17) is 30.1 Å². The maximum atomic E-state index is 13.6. The van der Waals surface area contributed by atoms with Crippen LogP contribution in [0.3, 0.4) is 0 Å². The van der Waals surface area contributed by atoms with Crippen LogP contribution in [0, 0.1) is 18.3 Å². The maximum absolute atomic E-state index is 13.6. The lowest BCUT2D eigenvalue weighted by Crippen LogP contribution is -2.52. The van der Waals surface area contributed by atoms with Crippen LogP contribution >= 0.6 is 0 Å². The van der Waals surface area contributed by atoms with E-state index < -0.39 is 12.1 Å². The summed E-state index contributed by atoms with van der Waals surface area (Å²) in [6.07, 6.45) is 11.6. The normalized spacial score (nSPS) is 16.1. The highest BCUT2D eigenvalue weighted by Crippen LogP contribution is 2.42. The molecule has 3 aliphatic heterocycles. The van der Waals surface area contributed by atoms with Crippen molar-refractivity contribution in [1.29, 1.82) is 0 Å². The fraction of sp³-hybridized carbons (Fsp3) is 0.255. The number of terminal acetylenes is 1. The van der Waals surface area contributed by atoms with Gasteiger partial charge in [0.15, 0.2) is 41.4 Å². The standard InChI is InChI=1S/C51H45N8O8/c1-5-6-46(60)58-20-17-31(2)42(27-58)56(3)48-38-19-22-59(49(38)53-29-52-48)51(62)64-28-32-7-12-36(13-8-32)54-55-37-14-9-33(10-15-37)50(61)67-47-40-26-57-21-18-35-24-44-45(66-30-65-44)25-39(35)41(57)23-34(40)11-16-43(47)63-4/h1,7-16,19,22-26,29,31,42H,6,17-18,20-21,27-28,30H2,2-4H3/q+1/b55-54+/t31-,42+/m1/s1. The Morgan fingerprint density at radius 2 is 1.72 bits per heavy atom. The Bertz CT molecular complexity index is 3160. The largest absolute Gasteiger partial charge is 0.493 e. The van der Waals surface area contributed by atoms with Crippen LogP contribution in [-0.4, -0.2) is 77.5 Å². The van der Waals surface area contributed by atoms with Crippen molar-refractivity contribution in [1.82, 2.24) is 19.4 Å². The molecule has 0 aliphatic carbocycles. The third-order valence-corrected chi connectivity index (χ3v) is 12.7. The van der Waals surface area contributed by atoms with E-state index in [1.807, 2.05) is 30.3 Å². The lowest BCUT2D eigenvalue weighted by Gasteiger charge is -2.42. The number of aryl methyl sites for hydroxylation is 2. The molecule has 2 atom stereocenters. The molecule has 67 heavy (non-hydrogen) atoms. The first-order chi connectivity index (χ1) is 32.6. The number of amides is 1. The average Bonchev–Trinajstić information content (AvgIpc) is 4.02. The fourth-order valence-electron chi connectivity index (χ4n) is 8.97. The van der Waals surface area contributed by atoms with E-state index >= 15 is 0 Å². The number of carbonyl (C=O) groups is 3. The number of pyridine rings is 1. The number of piperidine rings is 1. The second kappa shape index (κ2) is 17.9. The molecule has 0 bridgehead atoms. The summed E-state index contributed by atoms with van der Waals surface area (Å²) in [5.74, 6) is 5.06. The van der Waals surface area contributed by atoms with Gasteiger partial charge in [0, 0.05) is 38.8 Å². The summed E-state index contributed by atoms with van der Waals surface area (Å²) in [5.41, 5.74) is 5.91. The predicted octanol–water partition coefficient (Wildman–Crippen LogP) is 8.35. The third-order valence-electron chi connectivity index (χ3n) is 12.7. The predicted molar refractivity (Wildman–Crippen MR) is 247 cm³/mol. The van der Waals surface area contributed by atoms with E-state index in [0.29, 0.717) is 64.3 Å². The van der Waals surface area contributed by atoms with Crippen molar-refractivity contribution in [2.24, 2.45) is 16.1 Å². The van der Waals surface area contributed by atoms with Crippen LogP contribution in [0.15, 0.2) is 114 Å². The Balaban J connectivity index is 0.764. The fourth-order valence-corrected chi connectivity index (χ4v) is 8.97. The van der Waals surface area contributed by atoms with Gasteiger partial charge in [-0.2, -0.15) is 14.8 Å². The van der Waals surface area contributed by atoms with Gasteiger partial charge in [-0.25, -0.2) is 24.1 Å². The number of likely N-dealkylation sites (tertiary alicyclic amines) is 1. The number of anilines is 1. The van der Waals surface area contributed by atoms with Crippen molar-refractivity contribution in [3.8, 4) is 46.6 Å². The minimum absolute atomic E-state index is 0.00346. The van der Waals surface area contributed by atoms with Crippen LogP contribution < -0.4 is 28.4 Å². The third kappa shape index (κ3) is 8.31. The molecule has 0 radical (unpaired) electrons. The van der Waals surface area contributed by atoms with Crippen LogP contribution in [0.4, 0.5) is 22.0 Å². The molecule has 1 amide bonds. The Kier molecular flexibility index (Phi) is 11.4. The van der Waals surface area contributed by atoms with Gasteiger partial charge in [0.25, 0.3) is 0 Å². The van der Waals surface area contributed by atoms with Crippen molar-refractivity contribution in [3.05, 3.63) is 120 Å². The van der Waals surface area contributed by atoms with Crippen LogP contribution in [0.2, 0.25) is 0 Å². The van der Waals surface area contributed by atoms with Gasteiger partial charge in [-0.1, -0.05) is 25.0 Å². The molecule has 6 heterocycles. The quantitative estimate of drug-likeness (QED) is 0.0426. The summed E-state index contributed by atoms with van der Waals surface area (Å²) in [7, 11) is 3.49. The number of methoxy groups -OCH3 is 1. The van der Waals surface area contributed by atoms with Crippen molar-refractivity contribution >= 4 is 57.0 Å². The molecule has 3 aliphatic rings. The number of fused-ring (bicyclic) bond motifs is 6. The first-order valence-electron chi connectivity index (χ1n) is 21.9. The number of nitrogens with zero attached hydrogens (tertiary/aromatic N) is 8. The summed E-state index contributed by atoms with van der Waals surface area (Å²) >= 11 is 0. The highest BCUT2D eigenvalue weighted by molar-refractivity contribution is 5.98. The number of hydrogen-bond acceptors (Lipinski definition) is 13. The van der Waals surface area contributed by atoms with Gasteiger partial charge in [-0.15, -0.1) is 6.42 Å². The molecule has 1 saturated heterocycles. The number of likely N-dealkylation sites (N-methyl/N-ethyl adjacent to an activating group) is 1. The molecule has 4 aromatic carbocycles. The summed E-state index contributed by atoms with van der Waals surface area (Å²) < 4.78 is 32.2. The Morgan fingerprint density at radius 3 is 2.48 bits per heavy atom. The molecule has 0 N–H and O–H groups in total. The van der Waals surface area contributed by atoms with E-state index in [9.17, 15) is 14.4 Å². The molecule has 16 heteroatoms. The number of aromatic nitrogens is 4. The molecule has 3 aromatic heterocycles. The molecule has 1 fully saturated rings. The van der Waals surface area contributed by atoms with E-state index in [2.05, 4.69) is 54.6 Å².